The molecule has 2 heteroatoms. The molecule has 2 nitrogen and oxygen atoms in total. The van der Waals surface area contributed by atoms with Gasteiger partial charge in [-0.15, -0.1) is 0 Å². The lowest BCUT2D eigenvalue weighted by Crippen LogP contribution is -2.34. The molecule has 0 saturated heterocycles. The fourth-order valence-electron chi connectivity index (χ4n) is 3.46. The molecule has 0 radical (unpaired) electrons. The summed E-state index contributed by atoms with van der Waals surface area (Å²) in [7, 11) is 0. The second-order valence-electron chi connectivity index (χ2n) is 5.83. The van der Waals surface area contributed by atoms with E-state index in [0.29, 0.717) is 5.92 Å². The van der Waals surface area contributed by atoms with Crippen molar-refractivity contribution in [3.63, 3.8) is 0 Å². The molecule has 98 valence electrons. The van der Waals surface area contributed by atoms with E-state index in [9.17, 15) is 5.11 Å². The Morgan fingerprint density at radius 3 is 2.28 bits per heavy atom. The summed E-state index contributed by atoms with van der Waals surface area (Å²) < 4.78 is 0. The number of nitrogens with zero attached hydrogens (tertiary/aromatic N) is 1. The van der Waals surface area contributed by atoms with Gasteiger partial charge in [-0.25, -0.2) is 0 Å². The van der Waals surface area contributed by atoms with Crippen molar-refractivity contribution < 1.29 is 5.11 Å². The van der Waals surface area contributed by atoms with Gasteiger partial charge in [0.25, 0.3) is 0 Å². The van der Waals surface area contributed by atoms with Crippen molar-refractivity contribution in [3.05, 3.63) is 35.4 Å². The maximum Gasteiger partial charge on any atom is 0.0580 e. The molecule has 1 N–H and O–H groups in total. The van der Waals surface area contributed by atoms with Gasteiger partial charge in [0, 0.05) is 19.6 Å². The zero-order valence-electron chi connectivity index (χ0n) is 11.0. The summed E-state index contributed by atoms with van der Waals surface area (Å²) >= 11 is 0. The summed E-state index contributed by atoms with van der Waals surface area (Å²) in [5.41, 5.74) is 3.04. The fourth-order valence-corrected chi connectivity index (χ4v) is 3.46. The minimum atomic E-state index is -0.0457. The van der Waals surface area contributed by atoms with Crippen LogP contribution in [-0.4, -0.2) is 35.7 Å². The number of hydrogen-bond acceptors (Lipinski definition) is 2. The average molecular weight is 245 g/mol. The molecule has 0 aromatic heterocycles. The monoisotopic (exact) mass is 245 g/mol. The van der Waals surface area contributed by atoms with Gasteiger partial charge in [0.2, 0.25) is 0 Å². The second kappa shape index (κ2) is 5.41. The predicted octanol–water partition coefficient (Wildman–Crippen LogP) is 2.25. The highest BCUT2D eigenvalue weighted by Gasteiger charge is 2.27. The van der Waals surface area contributed by atoms with Gasteiger partial charge in [0.1, 0.15) is 0 Å². The van der Waals surface area contributed by atoms with Crippen molar-refractivity contribution in [2.45, 2.75) is 38.2 Å². The first-order valence-electron chi connectivity index (χ1n) is 7.30. The molecular weight excluding hydrogens is 222 g/mol. The largest absolute Gasteiger partial charge is 0.393 e. The van der Waals surface area contributed by atoms with Gasteiger partial charge in [0.15, 0.2) is 0 Å². The van der Waals surface area contributed by atoms with E-state index in [-0.39, 0.29) is 6.10 Å². The van der Waals surface area contributed by atoms with Crippen LogP contribution >= 0.6 is 0 Å². The Kier molecular flexibility index (Phi) is 3.67. The third-order valence-corrected chi connectivity index (χ3v) is 4.62. The Hall–Kier alpha value is -0.860. The Morgan fingerprint density at radius 2 is 1.72 bits per heavy atom. The van der Waals surface area contributed by atoms with Crippen LogP contribution in [0.5, 0.6) is 0 Å². The highest BCUT2D eigenvalue weighted by Crippen LogP contribution is 2.27. The molecule has 1 fully saturated rings. The van der Waals surface area contributed by atoms with Gasteiger partial charge in [-0.05, 0) is 42.7 Å². The molecule has 0 spiro atoms. The van der Waals surface area contributed by atoms with Gasteiger partial charge in [-0.1, -0.05) is 30.7 Å². The molecule has 1 aliphatic carbocycles. The van der Waals surface area contributed by atoms with Crippen LogP contribution in [0.1, 0.15) is 30.4 Å². The Bertz CT molecular complexity index is 377. The first kappa shape index (κ1) is 12.2. The summed E-state index contributed by atoms with van der Waals surface area (Å²) in [6, 6.07) is 8.83. The first-order chi connectivity index (χ1) is 8.83. The third kappa shape index (κ3) is 2.60. The van der Waals surface area contributed by atoms with Gasteiger partial charge in [0.05, 0.1) is 6.10 Å². The van der Waals surface area contributed by atoms with Crippen LogP contribution in [0.15, 0.2) is 24.3 Å². The molecule has 18 heavy (non-hydrogen) atoms. The Morgan fingerprint density at radius 1 is 1.06 bits per heavy atom. The van der Waals surface area contributed by atoms with Gasteiger partial charge < -0.3 is 10.0 Å². The quantitative estimate of drug-likeness (QED) is 0.864. The summed E-state index contributed by atoms with van der Waals surface area (Å²) in [6.07, 6.45) is 5.72. The maximum atomic E-state index is 9.94. The summed E-state index contributed by atoms with van der Waals surface area (Å²) in [4.78, 5) is 2.55. The topological polar surface area (TPSA) is 23.5 Å². The standard InChI is InChI=1S/C16H23NO/c18-16-7-3-6-15(16)12-17-10-8-13-4-1-2-5-14(13)9-11-17/h1-2,4-5,15-16,18H,3,6-12H2. The van der Waals surface area contributed by atoms with Crippen LogP contribution in [0.4, 0.5) is 0 Å². The molecule has 0 bridgehead atoms. The van der Waals surface area contributed by atoms with Crippen LogP contribution < -0.4 is 0 Å². The van der Waals surface area contributed by atoms with E-state index < -0.39 is 0 Å². The van der Waals surface area contributed by atoms with E-state index >= 15 is 0 Å². The highest BCUT2D eigenvalue weighted by molar-refractivity contribution is 5.28. The van der Waals surface area contributed by atoms with Crippen LogP contribution in [-0.2, 0) is 12.8 Å². The lowest BCUT2D eigenvalue weighted by Gasteiger charge is -2.25. The van der Waals surface area contributed by atoms with Gasteiger partial charge in [-0.2, -0.15) is 0 Å². The molecule has 1 saturated carbocycles. The van der Waals surface area contributed by atoms with Crippen LogP contribution in [0.3, 0.4) is 0 Å². The molecule has 2 unspecified atom stereocenters. The third-order valence-electron chi connectivity index (χ3n) is 4.62. The van der Waals surface area contributed by atoms with E-state index in [2.05, 4.69) is 29.2 Å². The molecule has 0 amide bonds. The van der Waals surface area contributed by atoms with E-state index in [1.807, 2.05) is 0 Å². The predicted molar refractivity (Wildman–Crippen MR) is 73.6 cm³/mol. The summed E-state index contributed by atoms with van der Waals surface area (Å²) in [6.45, 7) is 3.40. The molecule has 1 aliphatic heterocycles. The number of aliphatic hydroxyl groups is 1. The number of hydrogen-bond donors (Lipinski definition) is 1. The minimum Gasteiger partial charge on any atom is -0.393 e. The van der Waals surface area contributed by atoms with E-state index in [0.717, 1.165) is 26.1 Å². The number of aliphatic hydroxyl groups excluding tert-OH is 1. The number of benzene rings is 1. The van der Waals surface area contributed by atoms with Gasteiger partial charge in [-0.3, -0.25) is 0 Å². The molecule has 1 heterocycles. The number of fused-ring (bicyclic) bond motifs is 1. The van der Waals surface area contributed by atoms with E-state index in [1.165, 1.54) is 36.8 Å². The summed E-state index contributed by atoms with van der Waals surface area (Å²) in [5.74, 6) is 0.520. The zero-order chi connectivity index (χ0) is 12.4. The zero-order valence-corrected chi connectivity index (χ0v) is 11.0. The Labute approximate surface area is 110 Å². The smallest absolute Gasteiger partial charge is 0.0580 e. The first-order valence-corrected chi connectivity index (χ1v) is 7.30. The lowest BCUT2D eigenvalue weighted by molar-refractivity contribution is 0.103. The lowest BCUT2D eigenvalue weighted by atomic mass is 10.0. The van der Waals surface area contributed by atoms with E-state index in [4.69, 9.17) is 0 Å². The SMILES string of the molecule is OC1CCCC1CN1CCc2ccccc2CC1. The van der Waals surface area contributed by atoms with Crippen molar-refractivity contribution in [1.29, 1.82) is 0 Å². The van der Waals surface area contributed by atoms with Crippen molar-refractivity contribution in [2.75, 3.05) is 19.6 Å². The molecule has 2 atom stereocenters. The molecule has 1 aromatic carbocycles. The van der Waals surface area contributed by atoms with Gasteiger partial charge >= 0.3 is 0 Å². The fraction of sp³-hybridized carbons (Fsp3) is 0.625. The normalized spacial score (nSPS) is 28.9. The van der Waals surface area contributed by atoms with Crippen molar-refractivity contribution in [1.82, 2.24) is 4.90 Å². The summed E-state index contributed by atoms with van der Waals surface area (Å²) in [5, 5.41) is 9.94. The van der Waals surface area contributed by atoms with Crippen LogP contribution in [0.25, 0.3) is 0 Å². The molecular formula is C16H23NO. The molecule has 2 aliphatic rings. The maximum absolute atomic E-state index is 9.94. The average Bonchev–Trinajstić information content (AvgIpc) is 2.68. The van der Waals surface area contributed by atoms with Crippen molar-refractivity contribution in [2.24, 2.45) is 5.92 Å². The highest BCUT2D eigenvalue weighted by atomic mass is 16.3. The van der Waals surface area contributed by atoms with E-state index in [1.54, 1.807) is 0 Å². The molecule has 1 aromatic rings. The van der Waals surface area contributed by atoms with Crippen LogP contribution in [0, 0.1) is 5.92 Å². The van der Waals surface area contributed by atoms with Crippen LogP contribution in [0.2, 0.25) is 0 Å². The number of rotatable bonds is 2. The van der Waals surface area contributed by atoms with Crippen molar-refractivity contribution in [3.8, 4) is 0 Å². The minimum absolute atomic E-state index is 0.0457. The Balaban J connectivity index is 1.61. The molecule has 3 rings (SSSR count). The second-order valence-corrected chi connectivity index (χ2v) is 5.83. The van der Waals surface area contributed by atoms with Crippen molar-refractivity contribution >= 4 is 0 Å².